The van der Waals surface area contributed by atoms with Crippen molar-refractivity contribution in [2.75, 3.05) is 49.0 Å². The lowest BCUT2D eigenvalue weighted by atomic mass is 10.0. The summed E-state index contributed by atoms with van der Waals surface area (Å²) in [7, 11) is 5.15. The number of nitrogens with one attached hydrogen (secondary N) is 3. The zero-order chi connectivity index (χ0) is 39.0. The van der Waals surface area contributed by atoms with Crippen LogP contribution in [0.4, 0.5) is 21.2 Å². The van der Waals surface area contributed by atoms with Crippen LogP contribution in [0.25, 0.3) is 6.08 Å². The van der Waals surface area contributed by atoms with E-state index in [2.05, 4.69) is 16.0 Å². The van der Waals surface area contributed by atoms with Gasteiger partial charge in [0.15, 0.2) is 0 Å². The van der Waals surface area contributed by atoms with Gasteiger partial charge in [-0.1, -0.05) is 36.4 Å². The fraction of sp³-hybridized carbons (Fsp3) is 0.275. The molecule has 3 N–H and O–H groups in total. The third-order valence-electron chi connectivity index (χ3n) is 8.06. The van der Waals surface area contributed by atoms with Gasteiger partial charge in [0.2, 0.25) is 5.91 Å². The Bertz CT molecular complexity index is 2050. The number of carbonyl (C=O) groups excluding carboxylic acids is 5. The Morgan fingerprint density at radius 3 is 2.33 bits per heavy atom. The van der Waals surface area contributed by atoms with Crippen LogP contribution in [0.15, 0.2) is 89.5 Å². The maximum Gasteiger partial charge on any atom is 0.410 e. The van der Waals surface area contributed by atoms with Crippen LogP contribution in [0.5, 0.6) is 0 Å². The van der Waals surface area contributed by atoms with Gasteiger partial charge in [-0.05, 0) is 86.9 Å². The maximum absolute atomic E-state index is 13.6. The van der Waals surface area contributed by atoms with Crippen molar-refractivity contribution in [2.45, 2.75) is 44.2 Å². The fourth-order valence-corrected chi connectivity index (χ4v) is 7.47. The molecule has 0 fully saturated rings. The van der Waals surface area contributed by atoms with Gasteiger partial charge in [0, 0.05) is 47.4 Å². The van der Waals surface area contributed by atoms with E-state index in [-0.39, 0.29) is 23.9 Å². The number of hydrogen-bond donors (Lipinski definition) is 3. The van der Waals surface area contributed by atoms with Crippen LogP contribution in [-0.4, -0.2) is 73.8 Å². The highest BCUT2D eigenvalue weighted by atomic mass is 32.2. The number of thioether (sulfide) groups is 1. The van der Waals surface area contributed by atoms with E-state index in [1.54, 1.807) is 80.3 Å². The topological polar surface area (TPSA) is 146 Å². The number of anilines is 3. The summed E-state index contributed by atoms with van der Waals surface area (Å²) in [5.74, 6) is -1.87. The van der Waals surface area contributed by atoms with Crippen molar-refractivity contribution in [3.63, 3.8) is 0 Å². The van der Waals surface area contributed by atoms with Crippen LogP contribution in [0.1, 0.15) is 57.5 Å². The summed E-state index contributed by atoms with van der Waals surface area (Å²) < 4.78 is 10.6. The second-order valence-electron chi connectivity index (χ2n) is 13.5. The lowest BCUT2D eigenvalue weighted by Gasteiger charge is -2.30. The Morgan fingerprint density at radius 1 is 0.944 bits per heavy atom. The summed E-state index contributed by atoms with van der Waals surface area (Å²) in [5.41, 5.74) is 3.01. The molecule has 12 nitrogen and oxygen atoms in total. The van der Waals surface area contributed by atoms with Crippen LogP contribution < -0.4 is 20.9 Å². The summed E-state index contributed by atoms with van der Waals surface area (Å²) in [5, 5.41) is 8.84. The molecule has 14 heteroatoms. The van der Waals surface area contributed by atoms with Crippen LogP contribution in [0, 0.1) is 0 Å². The minimum atomic E-state index is -0.647. The molecule has 2 heterocycles. The second-order valence-corrected chi connectivity index (χ2v) is 15.7. The Morgan fingerprint density at radius 2 is 1.67 bits per heavy atom. The Balaban J connectivity index is 1.26. The molecule has 54 heavy (non-hydrogen) atoms. The van der Waals surface area contributed by atoms with Crippen molar-refractivity contribution in [1.82, 2.24) is 10.2 Å². The molecule has 5 rings (SSSR count). The number of fused-ring (bicyclic) bond motifs is 1. The maximum atomic E-state index is 13.6. The van der Waals surface area contributed by atoms with Crippen molar-refractivity contribution in [3.8, 4) is 0 Å². The first-order valence-corrected chi connectivity index (χ1v) is 18.9. The first-order valence-electron chi connectivity index (χ1n) is 17.1. The van der Waals surface area contributed by atoms with Crippen LogP contribution in [0.3, 0.4) is 0 Å². The highest BCUT2D eigenvalue weighted by Crippen LogP contribution is 2.38. The van der Waals surface area contributed by atoms with E-state index >= 15 is 0 Å². The zero-order valence-corrected chi connectivity index (χ0v) is 32.6. The molecule has 0 bridgehead atoms. The van der Waals surface area contributed by atoms with Crippen LogP contribution >= 0.6 is 23.1 Å². The minimum Gasteiger partial charge on any atom is -0.465 e. The number of hydrogen-bond acceptors (Lipinski definition) is 10. The van der Waals surface area contributed by atoms with E-state index in [0.29, 0.717) is 39.7 Å². The molecule has 0 saturated carbocycles. The number of rotatable bonds is 11. The Labute approximate surface area is 322 Å². The molecule has 1 aliphatic rings. The van der Waals surface area contributed by atoms with E-state index in [1.807, 2.05) is 49.3 Å². The molecule has 0 unspecified atom stereocenters. The average molecular weight is 770 g/mol. The zero-order valence-electron chi connectivity index (χ0n) is 31.0. The molecule has 0 spiro atoms. The van der Waals surface area contributed by atoms with Gasteiger partial charge in [-0.25, -0.2) is 9.59 Å². The normalized spacial score (nSPS) is 12.6. The summed E-state index contributed by atoms with van der Waals surface area (Å²) in [4.78, 5) is 70.5. The van der Waals surface area contributed by atoms with Crippen LogP contribution in [-0.2, 0) is 32.0 Å². The highest BCUT2D eigenvalue weighted by molar-refractivity contribution is 8.00. The average Bonchev–Trinajstić information content (AvgIpc) is 3.50. The van der Waals surface area contributed by atoms with Gasteiger partial charge in [-0.3, -0.25) is 14.4 Å². The van der Waals surface area contributed by atoms with E-state index in [4.69, 9.17) is 9.47 Å². The lowest BCUT2D eigenvalue weighted by Crippen LogP contribution is -2.39. The van der Waals surface area contributed by atoms with Gasteiger partial charge in [0.1, 0.15) is 16.3 Å². The minimum absolute atomic E-state index is 0.00580. The third-order valence-corrected chi connectivity index (χ3v) is 10.2. The summed E-state index contributed by atoms with van der Waals surface area (Å²) >= 11 is 2.48. The molecule has 4 amide bonds. The second kappa shape index (κ2) is 17.5. The van der Waals surface area contributed by atoms with Gasteiger partial charge < -0.3 is 35.2 Å². The molecule has 0 aliphatic carbocycles. The number of methoxy groups -OCH3 is 1. The molecule has 0 atom stereocenters. The highest BCUT2D eigenvalue weighted by Gasteiger charge is 2.32. The van der Waals surface area contributed by atoms with Gasteiger partial charge in [-0.15, -0.1) is 23.1 Å². The predicted octanol–water partition coefficient (Wildman–Crippen LogP) is 7.03. The Hall–Kier alpha value is -5.60. The number of nitrogens with zero attached hydrogens (tertiary/aromatic N) is 2. The fourth-order valence-electron chi connectivity index (χ4n) is 5.44. The smallest absolute Gasteiger partial charge is 0.410 e. The number of benzene rings is 3. The van der Waals surface area contributed by atoms with E-state index < -0.39 is 29.5 Å². The number of esters is 1. The number of ether oxygens (including phenoxy) is 2. The first-order chi connectivity index (χ1) is 25.7. The Kier molecular flexibility index (Phi) is 12.8. The molecule has 0 radical (unpaired) electrons. The van der Waals surface area contributed by atoms with Gasteiger partial charge >= 0.3 is 12.1 Å². The molecule has 0 saturated heterocycles. The van der Waals surface area contributed by atoms with Crippen molar-refractivity contribution >= 4 is 75.3 Å². The monoisotopic (exact) mass is 769 g/mol. The number of carbonyl (C=O) groups is 5. The molecule has 1 aliphatic heterocycles. The van der Waals surface area contributed by atoms with Crippen molar-refractivity contribution < 1.29 is 33.4 Å². The predicted molar refractivity (Wildman–Crippen MR) is 213 cm³/mol. The standard InChI is InChI=1S/C40H43N5O7S2/c1-40(2,3)52-39(50)45-20-19-30-32(23-45)54-37(34(30)38(49)51-6)43-33(46)24-53-29-14-10-13-27(22-29)41-36(48)31(42-35(47)26-11-8-7-9-12-26)21-25-15-17-28(18-16-25)44(4)5/h7-18,21-22H,19-20,23-24H2,1-6H3,(H,41,48)(H,42,47)(H,43,46)/b31-21+. The first kappa shape index (κ1) is 39.6. The van der Waals surface area contributed by atoms with Gasteiger partial charge in [0.05, 0.1) is 25.0 Å². The number of amides is 4. The summed E-state index contributed by atoms with van der Waals surface area (Å²) in [6.07, 6.45) is 1.58. The van der Waals surface area contributed by atoms with Crippen LogP contribution in [0.2, 0.25) is 0 Å². The molecule has 1 aromatic heterocycles. The molecule has 4 aromatic rings. The molecular weight excluding hydrogens is 727 g/mol. The van der Waals surface area contributed by atoms with Gasteiger partial charge in [0.25, 0.3) is 11.8 Å². The quantitative estimate of drug-likeness (QED) is 0.0831. The van der Waals surface area contributed by atoms with E-state index in [9.17, 15) is 24.0 Å². The SMILES string of the molecule is COC(=O)c1c(NC(=O)CSc2cccc(NC(=O)/C(=C\c3ccc(N(C)C)cc3)NC(=O)c3ccccc3)c2)sc2c1CCN(C(=O)OC(C)(C)C)C2. The molecule has 3 aromatic carbocycles. The molecule has 282 valence electrons. The number of thiophene rings is 1. The van der Waals surface area contributed by atoms with Gasteiger partial charge in [-0.2, -0.15) is 0 Å². The van der Waals surface area contributed by atoms with Crippen molar-refractivity contribution in [3.05, 3.63) is 112 Å². The van der Waals surface area contributed by atoms with Crippen molar-refractivity contribution in [2.24, 2.45) is 0 Å². The molecular formula is C40H43N5O7S2. The summed E-state index contributed by atoms with van der Waals surface area (Å²) in [6, 6.07) is 23.2. The largest absolute Gasteiger partial charge is 0.465 e. The van der Waals surface area contributed by atoms with E-state index in [1.165, 1.54) is 30.2 Å². The third kappa shape index (κ3) is 10.5. The van der Waals surface area contributed by atoms with Crippen molar-refractivity contribution in [1.29, 1.82) is 0 Å². The summed E-state index contributed by atoms with van der Waals surface area (Å²) in [6.45, 7) is 6.01. The van der Waals surface area contributed by atoms with E-state index in [0.717, 1.165) is 21.7 Å². The lowest BCUT2D eigenvalue weighted by molar-refractivity contribution is -0.114.